The third-order valence-corrected chi connectivity index (χ3v) is 2.59. The van der Waals surface area contributed by atoms with E-state index in [0.717, 1.165) is 25.9 Å². The number of ether oxygens (including phenoxy) is 1. The quantitative estimate of drug-likeness (QED) is 0.744. The Balaban J connectivity index is 2.54. The maximum absolute atomic E-state index is 11.1. The Labute approximate surface area is 91.0 Å². The van der Waals surface area contributed by atoms with Gasteiger partial charge < -0.3 is 15.2 Å². The highest BCUT2D eigenvalue weighted by molar-refractivity contribution is 5.73. The summed E-state index contributed by atoms with van der Waals surface area (Å²) in [5, 5.41) is 12.3. The van der Waals surface area contributed by atoms with Crippen molar-refractivity contribution in [2.45, 2.75) is 45.8 Å². The number of piperidine rings is 1. The molecule has 4 heteroatoms. The van der Waals surface area contributed by atoms with Crippen LogP contribution in [0, 0.1) is 5.41 Å². The van der Waals surface area contributed by atoms with E-state index >= 15 is 0 Å². The molecule has 2 N–H and O–H groups in total. The fourth-order valence-electron chi connectivity index (χ4n) is 1.76. The van der Waals surface area contributed by atoms with E-state index in [2.05, 4.69) is 5.32 Å². The van der Waals surface area contributed by atoms with Gasteiger partial charge in [-0.3, -0.25) is 0 Å². The first-order valence-electron chi connectivity index (χ1n) is 5.50. The van der Waals surface area contributed by atoms with Crippen LogP contribution in [-0.4, -0.2) is 36.4 Å². The van der Waals surface area contributed by atoms with Crippen LogP contribution in [-0.2, 0) is 9.53 Å². The second-order valence-electron chi connectivity index (χ2n) is 5.19. The van der Waals surface area contributed by atoms with Gasteiger partial charge in [0.1, 0.15) is 0 Å². The molecule has 0 aliphatic carbocycles. The summed E-state index contributed by atoms with van der Waals surface area (Å²) >= 11 is 0. The summed E-state index contributed by atoms with van der Waals surface area (Å²) in [7, 11) is 0. The van der Waals surface area contributed by atoms with Gasteiger partial charge in [-0.1, -0.05) is 20.8 Å². The predicted molar refractivity (Wildman–Crippen MR) is 57.9 cm³/mol. The average Bonchev–Trinajstić information content (AvgIpc) is 2.13. The van der Waals surface area contributed by atoms with Crippen molar-refractivity contribution in [3.05, 3.63) is 0 Å². The molecule has 1 saturated heterocycles. The Bertz CT molecular complexity index is 216. The molecule has 0 spiro atoms. The summed E-state index contributed by atoms with van der Waals surface area (Å²) < 4.78 is 5.66. The fraction of sp³-hybridized carbons (Fsp3) is 0.909. The molecule has 4 nitrogen and oxygen atoms in total. The minimum absolute atomic E-state index is 0.0408. The van der Waals surface area contributed by atoms with Crippen LogP contribution in [0.1, 0.15) is 33.6 Å². The number of hydrogen-bond acceptors (Lipinski definition) is 3. The molecule has 15 heavy (non-hydrogen) atoms. The monoisotopic (exact) mass is 215 g/mol. The fourth-order valence-corrected chi connectivity index (χ4v) is 1.76. The predicted octanol–water partition coefficient (Wildman–Crippen LogP) is 1.25. The maximum atomic E-state index is 11.1. The molecule has 1 fully saturated rings. The van der Waals surface area contributed by atoms with Gasteiger partial charge in [-0.05, 0) is 24.8 Å². The van der Waals surface area contributed by atoms with Crippen molar-refractivity contribution < 1.29 is 14.6 Å². The number of carboxylic acids is 1. The van der Waals surface area contributed by atoms with Gasteiger partial charge >= 0.3 is 5.97 Å². The lowest BCUT2D eigenvalue weighted by atomic mass is 9.88. The standard InChI is InChI=1S/C11H21NO3/c1-11(2,3)9(10(13)14)15-8-5-4-6-12-7-8/h8-9,12H,4-7H2,1-3H3,(H,13,14). The lowest BCUT2D eigenvalue weighted by molar-refractivity contribution is -0.164. The zero-order valence-corrected chi connectivity index (χ0v) is 9.75. The minimum atomic E-state index is -0.868. The molecule has 0 bridgehead atoms. The zero-order valence-electron chi connectivity index (χ0n) is 9.75. The smallest absolute Gasteiger partial charge is 0.333 e. The number of hydrogen-bond donors (Lipinski definition) is 2. The Morgan fingerprint density at radius 1 is 1.53 bits per heavy atom. The number of rotatable bonds is 3. The first kappa shape index (κ1) is 12.5. The first-order chi connectivity index (χ1) is 6.91. The minimum Gasteiger partial charge on any atom is -0.479 e. The molecule has 88 valence electrons. The zero-order chi connectivity index (χ0) is 11.5. The van der Waals surface area contributed by atoms with Crippen molar-refractivity contribution in [3.63, 3.8) is 0 Å². The van der Waals surface area contributed by atoms with Crippen molar-refractivity contribution in [1.82, 2.24) is 5.32 Å². The molecule has 0 saturated carbocycles. The molecule has 1 heterocycles. The first-order valence-corrected chi connectivity index (χ1v) is 5.50. The Morgan fingerprint density at radius 3 is 2.60 bits per heavy atom. The van der Waals surface area contributed by atoms with Crippen LogP contribution < -0.4 is 5.32 Å². The molecular weight excluding hydrogens is 194 g/mol. The summed E-state index contributed by atoms with van der Waals surface area (Å²) in [5.74, 6) is -0.868. The van der Waals surface area contributed by atoms with E-state index in [1.807, 2.05) is 20.8 Å². The van der Waals surface area contributed by atoms with Gasteiger partial charge in [-0.2, -0.15) is 0 Å². The summed E-state index contributed by atoms with van der Waals surface area (Å²) in [5.41, 5.74) is -0.358. The van der Waals surface area contributed by atoms with Crippen LogP contribution in [0.15, 0.2) is 0 Å². The highest BCUT2D eigenvalue weighted by Gasteiger charge is 2.34. The Morgan fingerprint density at radius 2 is 2.20 bits per heavy atom. The van der Waals surface area contributed by atoms with Crippen molar-refractivity contribution in [2.75, 3.05) is 13.1 Å². The van der Waals surface area contributed by atoms with Crippen LogP contribution in [0.2, 0.25) is 0 Å². The van der Waals surface area contributed by atoms with E-state index in [1.54, 1.807) is 0 Å². The molecule has 2 atom stereocenters. The number of carbonyl (C=O) groups is 1. The summed E-state index contributed by atoms with van der Waals surface area (Å²) in [6.45, 7) is 7.44. The molecule has 0 amide bonds. The Hall–Kier alpha value is -0.610. The summed E-state index contributed by atoms with van der Waals surface area (Å²) in [4.78, 5) is 11.1. The van der Waals surface area contributed by atoms with Gasteiger partial charge in [0, 0.05) is 6.54 Å². The number of aliphatic carboxylic acids is 1. The van der Waals surface area contributed by atoms with E-state index < -0.39 is 12.1 Å². The van der Waals surface area contributed by atoms with Crippen LogP contribution in [0.4, 0.5) is 0 Å². The second-order valence-corrected chi connectivity index (χ2v) is 5.19. The number of nitrogens with one attached hydrogen (secondary N) is 1. The second kappa shape index (κ2) is 4.94. The van der Waals surface area contributed by atoms with Gasteiger partial charge in [0.15, 0.2) is 6.10 Å². The Kier molecular flexibility index (Phi) is 4.11. The highest BCUT2D eigenvalue weighted by Crippen LogP contribution is 2.25. The van der Waals surface area contributed by atoms with Crippen LogP contribution >= 0.6 is 0 Å². The molecule has 1 rings (SSSR count). The van der Waals surface area contributed by atoms with Gasteiger partial charge in [0.2, 0.25) is 0 Å². The van der Waals surface area contributed by atoms with Crippen molar-refractivity contribution in [1.29, 1.82) is 0 Å². The summed E-state index contributed by atoms with van der Waals surface area (Å²) in [6, 6.07) is 0. The normalized spacial score (nSPS) is 24.9. The third kappa shape index (κ3) is 3.80. The average molecular weight is 215 g/mol. The van der Waals surface area contributed by atoms with Crippen LogP contribution in [0.3, 0.4) is 0 Å². The van der Waals surface area contributed by atoms with Gasteiger partial charge in [-0.25, -0.2) is 4.79 Å². The molecule has 0 aromatic heterocycles. The van der Waals surface area contributed by atoms with E-state index in [4.69, 9.17) is 9.84 Å². The SMILES string of the molecule is CC(C)(C)C(OC1CCCNC1)C(=O)O. The summed E-state index contributed by atoms with van der Waals surface area (Å²) in [6.07, 6.45) is 1.33. The van der Waals surface area contributed by atoms with E-state index in [9.17, 15) is 4.79 Å². The van der Waals surface area contributed by atoms with Gasteiger partial charge in [0.05, 0.1) is 6.10 Å². The van der Waals surface area contributed by atoms with Gasteiger partial charge in [0.25, 0.3) is 0 Å². The lowest BCUT2D eigenvalue weighted by Gasteiger charge is -2.32. The molecule has 1 aliphatic rings. The van der Waals surface area contributed by atoms with Gasteiger partial charge in [-0.15, -0.1) is 0 Å². The molecular formula is C11H21NO3. The van der Waals surface area contributed by atoms with Crippen molar-refractivity contribution >= 4 is 5.97 Å². The largest absolute Gasteiger partial charge is 0.479 e. The van der Waals surface area contributed by atoms with Crippen molar-refractivity contribution in [2.24, 2.45) is 5.41 Å². The molecule has 0 aromatic rings. The molecule has 0 radical (unpaired) electrons. The van der Waals surface area contributed by atoms with E-state index in [1.165, 1.54) is 0 Å². The molecule has 2 unspecified atom stereocenters. The maximum Gasteiger partial charge on any atom is 0.333 e. The topological polar surface area (TPSA) is 58.6 Å². The third-order valence-electron chi connectivity index (χ3n) is 2.59. The molecule has 1 aliphatic heterocycles. The van der Waals surface area contributed by atoms with Crippen LogP contribution in [0.25, 0.3) is 0 Å². The van der Waals surface area contributed by atoms with E-state index in [-0.39, 0.29) is 11.5 Å². The van der Waals surface area contributed by atoms with Crippen molar-refractivity contribution in [3.8, 4) is 0 Å². The van der Waals surface area contributed by atoms with Crippen LogP contribution in [0.5, 0.6) is 0 Å². The van der Waals surface area contributed by atoms with E-state index in [0.29, 0.717) is 0 Å². The lowest BCUT2D eigenvalue weighted by Crippen LogP contribution is -2.44. The highest BCUT2D eigenvalue weighted by atomic mass is 16.5. The number of carboxylic acid groups (broad SMARTS) is 1. The molecule has 0 aromatic carbocycles.